The van der Waals surface area contributed by atoms with Gasteiger partial charge in [-0.05, 0) is 44.4 Å². The van der Waals surface area contributed by atoms with Crippen molar-refractivity contribution >= 4 is 5.97 Å². The molecule has 1 atom stereocenters. The zero-order valence-corrected chi connectivity index (χ0v) is 13.5. The van der Waals surface area contributed by atoms with Crippen LogP contribution in [0.15, 0.2) is 11.6 Å². The predicted octanol–water partition coefficient (Wildman–Crippen LogP) is 2.58. The zero-order chi connectivity index (χ0) is 16.4. The second-order valence-electron chi connectivity index (χ2n) is 6.49. The quantitative estimate of drug-likeness (QED) is 0.481. The summed E-state index contributed by atoms with van der Waals surface area (Å²) < 4.78 is 4.93. The summed E-state index contributed by atoms with van der Waals surface area (Å²) in [6.45, 7) is 5.83. The molecular weight excluding hydrogens is 278 g/mol. The molecule has 118 valence electrons. The van der Waals surface area contributed by atoms with E-state index < -0.39 is 17.0 Å². The standard InChI is InChI=1S/C18H23NO3/c1-4-22-16(20)11-15(14-5-6-14)7-8-18(21,13(2)3)17(12-19)9-10-17/h11,13-14,21H,4-6,9-10H2,1-3H3/b15-11+. The van der Waals surface area contributed by atoms with Crippen LogP contribution in [0.3, 0.4) is 0 Å². The molecule has 0 spiro atoms. The Hall–Kier alpha value is -1.78. The highest BCUT2D eigenvalue weighted by molar-refractivity contribution is 5.84. The Balaban J connectivity index is 2.28. The van der Waals surface area contributed by atoms with Gasteiger partial charge in [0.1, 0.15) is 5.60 Å². The van der Waals surface area contributed by atoms with Crippen LogP contribution in [0.1, 0.15) is 46.5 Å². The molecule has 0 amide bonds. The van der Waals surface area contributed by atoms with Crippen molar-refractivity contribution in [2.75, 3.05) is 6.61 Å². The number of hydrogen-bond donors (Lipinski definition) is 1. The maximum atomic E-state index is 11.6. The van der Waals surface area contributed by atoms with Crippen LogP contribution < -0.4 is 0 Å². The number of carbonyl (C=O) groups excluding carboxylic acids is 1. The lowest BCUT2D eigenvalue weighted by molar-refractivity contribution is -0.137. The molecule has 2 rings (SSSR count). The summed E-state index contributed by atoms with van der Waals surface area (Å²) in [6.07, 6.45) is 4.79. The Labute approximate surface area is 132 Å². The second-order valence-corrected chi connectivity index (χ2v) is 6.49. The molecule has 0 aromatic carbocycles. The lowest BCUT2D eigenvalue weighted by Gasteiger charge is -2.31. The van der Waals surface area contributed by atoms with Crippen molar-refractivity contribution in [3.05, 3.63) is 11.6 Å². The van der Waals surface area contributed by atoms with Crippen LogP contribution in [0.25, 0.3) is 0 Å². The highest BCUT2D eigenvalue weighted by Crippen LogP contribution is 2.56. The van der Waals surface area contributed by atoms with E-state index in [4.69, 9.17) is 4.74 Å². The van der Waals surface area contributed by atoms with E-state index in [0.29, 0.717) is 25.0 Å². The van der Waals surface area contributed by atoms with E-state index >= 15 is 0 Å². The van der Waals surface area contributed by atoms with E-state index in [1.54, 1.807) is 6.92 Å². The number of hydrogen-bond acceptors (Lipinski definition) is 4. The number of ether oxygens (including phenoxy) is 1. The normalized spacial score (nSPS) is 22.1. The first kappa shape index (κ1) is 16.6. The van der Waals surface area contributed by atoms with Gasteiger partial charge in [0.15, 0.2) is 0 Å². The fourth-order valence-corrected chi connectivity index (χ4v) is 2.65. The van der Waals surface area contributed by atoms with E-state index in [-0.39, 0.29) is 11.8 Å². The van der Waals surface area contributed by atoms with Gasteiger partial charge in [0, 0.05) is 11.6 Å². The maximum Gasteiger partial charge on any atom is 0.331 e. The fourth-order valence-electron chi connectivity index (χ4n) is 2.65. The monoisotopic (exact) mass is 301 g/mol. The Morgan fingerprint density at radius 2 is 2.14 bits per heavy atom. The van der Waals surface area contributed by atoms with Crippen molar-refractivity contribution in [1.29, 1.82) is 5.26 Å². The lowest BCUT2D eigenvalue weighted by atomic mass is 9.77. The predicted molar refractivity (Wildman–Crippen MR) is 82.3 cm³/mol. The number of esters is 1. The van der Waals surface area contributed by atoms with Crippen molar-refractivity contribution in [3.63, 3.8) is 0 Å². The minimum absolute atomic E-state index is 0.148. The molecule has 0 heterocycles. The van der Waals surface area contributed by atoms with Crippen molar-refractivity contribution in [1.82, 2.24) is 0 Å². The molecule has 22 heavy (non-hydrogen) atoms. The molecular formula is C18H23NO3. The Morgan fingerprint density at radius 1 is 1.50 bits per heavy atom. The number of allylic oxidation sites excluding steroid dienone is 1. The number of aliphatic hydroxyl groups is 1. The molecule has 2 saturated carbocycles. The number of rotatable bonds is 5. The van der Waals surface area contributed by atoms with E-state index in [0.717, 1.165) is 12.8 Å². The van der Waals surface area contributed by atoms with Crippen LogP contribution in [0.2, 0.25) is 0 Å². The molecule has 4 nitrogen and oxygen atoms in total. The summed E-state index contributed by atoms with van der Waals surface area (Å²) in [5.74, 6) is 5.65. The Bertz CT molecular complexity index is 580. The largest absolute Gasteiger partial charge is 0.463 e. The smallest absolute Gasteiger partial charge is 0.331 e. The lowest BCUT2D eigenvalue weighted by Crippen LogP contribution is -2.42. The topological polar surface area (TPSA) is 70.3 Å². The summed E-state index contributed by atoms with van der Waals surface area (Å²) in [5.41, 5.74) is -1.37. The first-order valence-electron chi connectivity index (χ1n) is 7.93. The molecule has 2 aliphatic carbocycles. The molecule has 0 aromatic rings. The van der Waals surface area contributed by atoms with Crippen LogP contribution in [0, 0.1) is 40.4 Å². The molecule has 2 fully saturated rings. The van der Waals surface area contributed by atoms with Crippen molar-refractivity contribution in [3.8, 4) is 17.9 Å². The minimum Gasteiger partial charge on any atom is -0.463 e. The summed E-state index contributed by atoms with van der Waals surface area (Å²) in [4.78, 5) is 11.6. The average molecular weight is 301 g/mol. The number of carbonyl (C=O) groups is 1. The van der Waals surface area contributed by atoms with Gasteiger partial charge in [-0.2, -0.15) is 5.26 Å². The molecule has 0 bridgehead atoms. The van der Waals surface area contributed by atoms with Gasteiger partial charge in [0.25, 0.3) is 0 Å². The summed E-state index contributed by atoms with van der Waals surface area (Å²) in [5, 5.41) is 20.3. The fraction of sp³-hybridized carbons (Fsp3) is 0.667. The first-order chi connectivity index (χ1) is 10.4. The zero-order valence-electron chi connectivity index (χ0n) is 13.5. The summed E-state index contributed by atoms with van der Waals surface area (Å²) >= 11 is 0. The molecule has 4 heteroatoms. The van der Waals surface area contributed by atoms with Crippen LogP contribution in [0.4, 0.5) is 0 Å². The van der Waals surface area contributed by atoms with Crippen LogP contribution in [0.5, 0.6) is 0 Å². The third kappa shape index (κ3) is 3.18. The third-order valence-electron chi connectivity index (χ3n) is 4.50. The molecule has 0 saturated heterocycles. The van der Waals surface area contributed by atoms with Crippen LogP contribution in [-0.2, 0) is 9.53 Å². The Kier molecular flexibility index (Phi) is 4.63. The van der Waals surface area contributed by atoms with Gasteiger partial charge < -0.3 is 9.84 Å². The van der Waals surface area contributed by atoms with Gasteiger partial charge in [-0.15, -0.1) is 0 Å². The van der Waals surface area contributed by atoms with Gasteiger partial charge in [0.2, 0.25) is 0 Å². The van der Waals surface area contributed by atoms with Crippen LogP contribution in [-0.4, -0.2) is 23.3 Å². The molecule has 1 unspecified atom stereocenters. The van der Waals surface area contributed by atoms with E-state index in [2.05, 4.69) is 17.9 Å². The molecule has 2 aliphatic rings. The second kappa shape index (κ2) is 6.15. The van der Waals surface area contributed by atoms with Crippen molar-refractivity contribution < 1.29 is 14.6 Å². The van der Waals surface area contributed by atoms with Gasteiger partial charge in [-0.25, -0.2) is 4.79 Å². The number of nitrogens with zero attached hydrogens (tertiary/aromatic N) is 1. The molecule has 0 aromatic heterocycles. The Morgan fingerprint density at radius 3 is 2.55 bits per heavy atom. The van der Waals surface area contributed by atoms with Gasteiger partial charge in [0.05, 0.1) is 18.1 Å². The molecule has 1 N–H and O–H groups in total. The third-order valence-corrected chi connectivity index (χ3v) is 4.50. The van der Waals surface area contributed by atoms with Gasteiger partial charge in [-0.1, -0.05) is 25.7 Å². The SMILES string of the molecule is CCOC(=O)/C=C(\C#CC(O)(C(C)C)C1(C#N)CC1)C1CC1. The van der Waals surface area contributed by atoms with Crippen molar-refractivity contribution in [2.24, 2.45) is 17.3 Å². The van der Waals surface area contributed by atoms with E-state index in [1.165, 1.54) is 6.08 Å². The summed E-state index contributed by atoms with van der Waals surface area (Å²) in [7, 11) is 0. The van der Waals surface area contributed by atoms with Crippen LogP contribution >= 0.6 is 0 Å². The average Bonchev–Trinajstić information content (AvgIpc) is 3.36. The highest BCUT2D eigenvalue weighted by Gasteiger charge is 2.60. The maximum absolute atomic E-state index is 11.6. The minimum atomic E-state index is -1.33. The van der Waals surface area contributed by atoms with Gasteiger partial charge in [-0.3, -0.25) is 0 Å². The number of nitriles is 1. The first-order valence-corrected chi connectivity index (χ1v) is 7.93. The highest BCUT2D eigenvalue weighted by atomic mass is 16.5. The summed E-state index contributed by atoms with van der Waals surface area (Å²) in [6, 6.07) is 2.24. The molecule has 0 radical (unpaired) electrons. The van der Waals surface area contributed by atoms with E-state index in [9.17, 15) is 15.2 Å². The van der Waals surface area contributed by atoms with E-state index in [1.807, 2.05) is 13.8 Å². The molecule has 0 aliphatic heterocycles. The van der Waals surface area contributed by atoms with Gasteiger partial charge >= 0.3 is 5.97 Å². The van der Waals surface area contributed by atoms with Crippen molar-refractivity contribution in [2.45, 2.75) is 52.1 Å².